The lowest BCUT2D eigenvalue weighted by Gasteiger charge is -2.43. The Morgan fingerprint density at radius 3 is 2.61 bits per heavy atom. The number of sulfone groups is 1. The maximum Gasteiger partial charge on any atom is 0.422 e. The highest BCUT2D eigenvalue weighted by atomic mass is 32.2. The Balaban J connectivity index is 1.62. The van der Waals surface area contributed by atoms with Crippen molar-refractivity contribution in [3.63, 3.8) is 0 Å². The third-order valence-corrected chi connectivity index (χ3v) is 9.42. The number of amides is 1. The number of nitrogens with zero attached hydrogens (tertiary/aromatic N) is 3. The number of halogens is 3. The summed E-state index contributed by atoms with van der Waals surface area (Å²) in [5, 5.41) is 1.71. The Kier molecular flexibility index (Phi) is 6.14. The molecule has 10 nitrogen and oxygen atoms in total. The minimum Gasteiger partial charge on any atom is -0.493 e. The van der Waals surface area contributed by atoms with Gasteiger partial charge < -0.3 is 20.5 Å². The van der Waals surface area contributed by atoms with Crippen molar-refractivity contribution in [1.29, 1.82) is 0 Å². The van der Waals surface area contributed by atoms with E-state index in [1.54, 1.807) is 25.1 Å². The molecule has 3 N–H and O–H groups in total. The molecule has 2 aliphatic heterocycles. The third-order valence-electron chi connectivity index (χ3n) is 6.35. The largest absolute Gasteiger partial charge is 0.493 e. The number of aromatic nitrogens is 2. The zero-order valence-corrected chi connectivity index (χ0v) is 20.4. The topological polar surface area (TPSA) is 146 Å². The van der Waals surface area contributed by atoms with Crippen molar-refractivity contribution in [2.75, 3.05) is 18.5 Å². The molecule has 36 heavy (non-hydrogen) atoms. The summed E-state index contributed by atoms with van der Waals surface area (Å²) in [6.07, 6.45) is -2.45. The first kappa shape index (κ1) is 25.7. The number of anilines is 1. The summed E-state index contributed by atoms with van der Waals surface area (Å²) in [6, 6.07) is 4.71. The van der Waals surface area contributed by atoms with Gasteiger partial charge in [-0.2, -0.15) is 13.2 Å². The maximum atomic E-state index is 13.4. The van der Waals surface area contributed by atoms with Crippen LogP contribution in [0.4, 0.5) is 18.9 Å². The number of nitrogens with one attached hydrogen (secondary N) is 1. The molecule has 194 valence electrons. The summed E-state index contributed by atoms with van der Waals surface area (Å²) >= 11 is 0. The van der Waals surface area contributed by atoms with Crippen LogP contribution in [-0.2, 0) is 15.4 Å². The lowest BCUT2D eigenvalue weighted by molar-refractivity contribution is -0.154. The highest BCUT2D eigenvalue weighted by Gasteiger charge is 2.57. The Morgan fingerprint density at radius 2 is 1.97 bits per heavy atom. The molecule has 0 saturated heterocycles. The first-order chi connectivity index (χ1) is 16.6. The molecule has 4 rings (SSSR count). The number of alkyl halides is 3. The average molecular weight is 528 g/mol. The predicted octanol–water partition coefficient (Wildman–Crippen LogP) is 2.60. The minimum atomic E-state index is -4.54. The second kappa shape index (κ2) is 8.61. The van der Waals surface area contributed by atoms with Crippen molar-refractivity contribution in [3.8, 4) is 11.6 Å². The van der Waals surface area contributed by atoms with Crippen molar-refractivity contribution in [2.24, 2.45) is 10.7 Å². The summed E-state index contributed by atoms with van der Waals surface area (Å²) in [7, 11) is -3.76. The number of rotatable bonds is 4. The van der Waals surface area contributed by atoms with Gasteiger partial charge in [0.05, 0.1) is 24.3 Å². The number of ether oxygens (including phenoxy) is 2. The molecule has 0 radical (unpaired) electrons. The Morgan fingerprint density at radius 1 is 1.25 bits per heavy atom. The fraction of sp³-hybridized carbons (Fsp3) is 0.455. The van der Waals surface area contributed by atoms with Crippen molar-refractivity contribution in [2.45, 2.75) is 48.9 Å². The number of hydrogen-bond donors (Lipinski definition) is 2. The lowest BCUT2D eigenvalue weighted by atomic mass is 9.86. The van der Waals surface area contributed by atoms with Gasteiger partial charge in [-0.1, -0.05) is 0 Å². The molecule has 14 heteroatoms. The molecule has 1 aromatic heterocycles. The molecule has 1 amide bonds. The van der Waals surface area contributed by atoms with Crippen molar-refractivity contribution >= 4 is 27.3 Å². The van der Waals surface area contributed by atoms with E-state index in [0.29, 0.717) is 17.0 Å². The summed E-state index contributed by atoms with van der Waals surface area (Å²) in [5.41, 5.74) is 5.41. The van der Waals surface area contributed by atoms with Gasteiger partial charge in [0.15, 0.2) is 16.4 Å². The molecular weight excluding hydrogens is 503 g/mol. The molecule has 2 atom stereocenters. The highest BCUT2D eigenvalue weighted by Crippen LogP contribution is 2.48. The molecular formula is C22H24F3N5O5S. The second-order valence-electron chi connectivity index (χ2n) is 9.13. The predicted molar refractivity (Wildman–Crippen MR) is 124 cm³/mol. The van der Waals surface area contributed by atoms with Gasteiger partial charge in [0.1, 0.15) is 27.6 Å². The SMILES string of the molecule is CC1(C)C(N)=N[C@]2(C)c3cc(NC(=O)c4cnc(OCC(F)(F)F)cn4)ccc3OCC[C@H]2S1(=O)=O. The first-order valence-electron chi connectivity index (χ1n) is 10.8. The molecule has 2 aliphatic rings. The molecule has 0 saturated carbocycles. The highest BCUT2D eigenvalue weighted by molar-refractivity contribution is 7.94. The van der Waals surface area contributed by atoms with E-state index in [1.807, 2.05) is 0 Å². The lowest BCUT2D eigenvalue weighted by Crippen LogP contribution is -2.59. The fourth-order valence-corrected chi connectivity index (χ4v) is 6.43. The number of hydrogen-bond acceptors (Lipinski definition) is 9. The smallest absolute Gasteiger partial charge is 0.422 e. The number of fused-ring (bicyclic) bond motifs is 3. The van der Waals surface area contributed by atoms with E-state index in [-0.39, 0.29) is 30.4 Å². The molecule has 0 aliphatic carbocycles. The molecule has 3 heterocycles. The van der Waals surface area contributed by atoms with Crippen molar-refractivity contribution in [1.82, 2.24) is 9.97 Å². The van der Waals surface area contributed by atoms with Gasteiger partial charge in [0.2, 0.25) is 5.88 Å². The number of amidine groups is 1. The van der Waals surface area contributed by atoms with Crippen LogP contribution in [-0.4, -0.2) is 59.5 Å². The number of aliphatic imine (C=N–C) groups is 1. The zero-order chi connectivity index (χ0) is 26.5. The monoisotopic (exact) mass is 527 g/mol. The van der Waals surface area contributed by atoms with E-state index in [0.717, 1.165) is 12.4 Å². The van der Waals surface area contributed by atoms with E-state index >= 15 is 0 Å². The number of carbonyl (C=O) groups is 1. The van der Waals surface area contributed by atoms with E-state index in [9.17, 15) is 26.4 Å². The Hall–Kier alpha value is -3.42. The molecule has 0 fully saturated rings. The third kappa shape index (κ3) is 4.45. The van der Waals surface area contributed by atoms with Crippen LogP contribution < -0.4 is 20.5 Å². The standard InChI is InChI=1S/C22H24F3N5O5S/c1-20(2)19(26)30-21(3)13-8-12(4-5-15(13)34-7-6-16(21)36(20,32)33)29-18(31)14-9-28-17(10-27-14)35-11-22(23,24)25/h4-5,8-10,16H,6-7,11H2,1-3H3,(H2,26,30)(H,29,31)/t16-,21-/m1/s1. The summed E-state index contributed by atoms with van der Waals surface area (Å²) in [5.74, 6) is -0.689. The van der Waals surface area contributed by atoms with Gasteiger partial charge in [-0.15, -0.1) is 0 Å². The summed E-state index contributed by atoms with van der Waals surface area (Å²) < 4.78 is 72.7. The second-order valence-corrected chi connectivity index (χ2v) is 11.8. The molecule has 0 unspecified atom stereocenters. The number of benzene rings is 1. The van der Waals surface area contributed by atoms with Gasteiger partial charge in [-0.05, 0) is 39.0 Å². The summed E-state index contributed by atoms with van der Waals surface area (Å²) in [4.78, 5) is 24.7. The van der Waals surface area contributed by atoms with Crippen LogP contribution in [0, 0.1) is 0 Å². The van der Waals surface area contributed by atoms with Crippen LogP contribution in [0.1, 0.15) is 43.2 Å². The fourth-order valence-electron chi connectivity index (χ4n) is 4.19. The van der Waals surface area contributed by atoms with Gasteiger partial charge in [-0.25, -0.2) is 18.4 Å². The van der Waals surface area contributed by atoms with Crippen LogP contribution in [0.3, 0.4) is 0 Å². The van der Waals surface area contributed by atoms with Crippen LogP contribution in [0.5, 0.6) is 11.6 Å². The molecule has 0 bridgehead atoms. The van der Waals surface area contributed by atoms with Crippen LogP contribution in [0.2, 0.25) is 0 Å². The van der Waals surface area contributed by atoms with E-state index in [1.165, 1.54) is 13.8 Å². The van der Waals surface area contributed by atoms with Crippen LogP contribution in [0.25, 0.3) is 0 Å². The minimum absolute atomic E-state index is 0.0216. The van der Waals surface area contributed by atoms with E-state index < -0.39 is 44.1 Å². The Labute approximate surface area is 205 Å². The van der Waals surface area contributed by atoms with Crippen molar-refractivity contribution < 1.29 is 35.9 Å². The molecule has 1 aromatic carbocycles. The molecule has 2 aromatic rings. The summed E-state index contributed by atoms with van der Waals surface area (Å²) in [6.45, 7) is 3.32. The van der Waals surface area contributed by atoms with E-state index in [2.05, 4.69) is 25.0 Å². The number of nitrogens with two attached hydrogens (primary N) is 1. The normalized spacial score (nSPS) is 24.3. The number of carbonyl (C=O) groups excluding carboxylic acids is 1. The van der Waals surface area contributed by atoms with Crippen molar-refractivity contribution in [3.05, 3.63) is 41.9 Å². The zero-order valence-electron chi connectivity index (χ0n) is 19.6. The first-order valence-corrected chi connectivity index (χ1v) is 12.4. The van der Waals surface area contributed by atoms with Gasteiger partial charge >= 0.3 is 6.18 Å². The quantitative estimate of drug-likeness (QED) is 0.617. The average Bonchev–Trinajstić information content (AvgIpc) is 2.93. The van der Waals surface area contributed by atoms with Crippen LogP contribution in [0.15, 0.2) is 35.6 Å². The van der Waals surface area contributed by atoms with Gasteiger partial charge in [0.25, 0.3) is 5.91 Å². The Bertz CT molecular complexity index is 1330. The van der Waals surface area contributed by atoms with Crippen LogP contribution >= 0.6 is 0 Å². The van der Waals surface area contributed by atoms with Gasteiger partial charge in [-0.3, -0.25) is 9.79 Å². The molecule has 0 spiro atoms. The maximum absolute atomic E-state index is 13.4. The van der Waals surface area contributed by atoms with E-state index in [4.69, 9.17) is 10.5 Å². The van der Waals surface area contributed by atoms with Gasteiger partial charge in [0, 0.05) is 17.7 Å².